The lowest BCUT2D eigenvalue weighted by atomic mass is 10.2. The molecular formula is C18H19ClN2O3S. The third kappa shape index (κ3) is 5.04. The molecule has 2 heterocycles. The Hall–Kier alpha value is -1.89. The Kier molecular flexibility index (Phi) is 6.07. The molecule has 0 radical (unpaired) electrons. The minimum atomic E-state index is -0.306. The number of Topliss-reactive ketones (excluding diaryl/α,β-unsaturated/α-hetero) is 1. The number of benzene rings is 1. The van der Waals surface area contributed by atoms with E-state index >= 15 is 0 Å². The van der Waals surface area contributed by atoms with Gasteiger partial charge in [-0.15, -0.1) is 11.3 Å². The number of carbonyl (C=O) groups is 2. The predicted molar refractivity (Wildman–Crippen MR) is 98.3 cm³/mol. The predicted octanol–water partition coefficient (Wildman–Crippen LogP) is 3.54. The number of hydrogen-bond acceptors (Lipinski definition) is 5. The molecule has 132 valence electrons. The molecule has 0 atom stereocenters. The third-order valence-electron chi connectivity index (χ3n) is 4.05. The molecule has 1 fully saturated rings. The zero-order chi connectivity index (χ0) is 17.6. The maximum atomic E-state index is 12.2. The van der Waals surface area contributed by atoms with Gasteiger partial charge >= 0.3 is 6.09 Å². The van der Waals surface area contributed by atoms with Crippen LogP contribution in [0.25, 0.3) is 0 Å². The third-order valence-corrected chi connectivity index (χ3v) is 5.32. The highest BCUT2D eigenvalue weighted by Crippen LogP contribution is 2.22. The molecule has 25 heavy (non-hydrogen) atoms. The van der Waals surface area contributed by atoms with Gasteiger partial charge in [-0.05, 0) is 17.7 Å². The molecule has 1 aromatic heterocycles. The van der Waals surface area contributed by atoms with Crippen molar-refractivity contribution in [1.29, 1.82) is 0 Å². The van der Waals surface area contributed by atoms with E-state index in [4.69, 9.17) is 16.3 Å². The Bertz CT molecular complexity index is 727. The largest absolute Gasteiger partial charge is 0.445 e. The lowest BCUT2D eigenvalue weighted by Gasteiger charge is -2.33. The number of carbonyl (C=O) groups excluding carboxylic acids is 2. The van der Waals surface area contributed by atoms with Crippen molar-refractivity contribution >= 4 is 34.8 Å². The Balaban J connectivity index is 1.42. The molecule has 1 saturated heterocycles. The SMILES string of the molecule is O=C(CN1CCN(C(=O)OCc2ccccc2)CC1)c1ccc(Cl)s1. The number of nitrogens with zero attached hydrogens (tertiary/aromatic N) is 2. The molecule has 1 aromatic carbocycles. The van der Waals surface area contributed by atoms with Crippen molar-refractivity contribution < 1.29 is 14.3 Å². The van der Waals surface area contributed by atoms with E-state index in [1.165, 1.54) is 11.3 Å². The number of thiophene rings is 1. The summed E-state index contributed by atoms with van der Waals surface area (Å²) in [6, 6.07) is 13.1. The highest BCUT2D eigenvalue weighted by molar-refractivity contribution is 7.18. The second-order valence-corrected chi connectivity index (χ2v) is 7.55. The molecule has 0 bridgehead atoms. The number of amides is 1. The summed E-state index contributed by atoms with van der Waals surface area (Å²) in [7, 11) is 0. The van der Waals surface area contributed by atoms with Gasteiger partial charge in [-0.2, -0.15) is 0 Å². The van der Waals surface area contributed by atoms with Gasteiger partial charge < -0.3 is 9.64 Å². The number of halogens is 1. The molecule has 5 nitrogen and oxygen atoms in total. The molecule has 0 unspecified atom stereocenters. The summed E-state index contributed by atoms with van der Waals surface area (Å²) in [4.78, 5) is 28.8. The van der Waals surface area contributed by atoms with Crippen molar-refractivity contribution in [3.63, 3.8) is 0 Å². The van der Waals surface area contributed by atoms with Crippen molar-refractivity contribution in [2.45, 2.75) is 6.61 Å². The van der Waals surface area contributed by atoms with Crippen molar-refractivity contribution in [1.82, 2.24) is 9.80 Å². The monoisotopic (exact) mass is 378 g/mol. The summed E-state index contributed by atoms with van der Waals surface area (Å²) >= 11 is 7.17. The summed E-state index contributed by atoms with van der Waals surface area (Å²) in [5, 5.41) is 0. The fourth-order valence-corrected chi connectivity index (χ4v) is 3.62. The van der Waals surface area contributed by atoms with Crippen LogP contribution in [0.4, 0.5) is 4.79 Å². The molecule has 1 aliphatic heterocycles. The van der Waals surface area contributed by atoms with Crippen LogP contribution in [-0.2, 0) is 11.3 Å². The van der Waals surface area contributed by atoms with E-state index in [2.05, 4.69) is 4.90 Å². The van der Waals surface area contributed by atoms with Crippen LogP contribution in [0.15, 0.2) is 42.5 Å². The van der Waals surface area contributed by atoms with Gasteiger partial charge in [-0.3, -0.25) is 9.69 Å². The van der Waals surface area contributed by atoms with Crippen LogP contribution in [0.5, 0.6) is 0 Å². The lowest BCUT2D eigenvalue weighted by Crippen LogP contribution is -2.50. The quantitative estimate of drug-likeness (QED) is 0.747. The summed E-state index contributed by atoms with van der Waals surface area (Å²) in [6.07, 6.45) is -0.306. The number of piperazine rings is 1. The van der Waals surface area contributed by atoms with Gasteiger partial charge in [0.2, 0.25) is 0 Å². The van der Waals surface area contributed by atoms with E-state index in [-0.39, 0.29) is 18.5 Å². The first kappa shape index (κ1) is 17.9. The normalized spacial score (nSPS) is 15.2. The van der Waals surface area contributed by atoms with Crippen molar-refractivity contribution in [2.75, 3.05) is 32.7 Å². The van der Waals surface area contributed by atoms with Gasteiger partial charge in [0.25, 0.3) is 0 Å². The van der Waals surface area contributed by atoms with E-state index in [0.717, 1.165) is 5.56 Å². The van der Waals surface area contributed by atoms with Crippen LogP contribution in [-0.4, -0.2) is 54.4 Å². The van der Waals surface area contributed by atoms with E-state index in [0.29, 0.717) is 41.9 Å². The summed E-state index contributed by atoms with van der Waals surface area (Å²) in [6.45, 7) is 3.07. The van der Waals surface area contributed by atoms with Gasteiger partial charge in [-0.1, -0.05) is 41.9 Å². The highest BCUT2D eigenvalue weighted by atomic mass is 35.5. The minimum Gasteiger partial charge on any atom is -0.445 e. The summed E-state index contributed by atoms with van der Waals surface area (Å²) in [5.74, 6) is 0.0667. The van der Waals surface area contributed by atoms with Gasteiger partial charge in [0, 0.05) is 26.2 Å². The maximum absolute atomic E-state index is 12.2. The molecule has 0 saturated carbocycles. The summed E-state index contributed by atoms with van der Waals surface area (Å²) < 4.78 is 5.96. The Morgan fingerprint density at radius 3 is 2.40 bits per heavy atom. The number of ketones is 1. The van der Waals surface area contributed by atoms with Crippen LogP contribution in [0.3, 0.4) is 0 Å². The van der Waals surface area contributed by atoms with E-state index in [1.54, 1.807) is 17.0 Å². The second kappa shape index (κ2) is 8.47. The van der Waals surface area contributed by atoms with Gasteiger partial charge in [0.1, 0.15) is 6.61 Å². The molecule has 0 aliphatic carbocycles. The van der Waals surface area contributed by atoms with Crippen LogP contribution < -0.4 is 0 Å². The fourth-order valence-electron chi connectivity index (χ4n) is 2.64. The fraction of sp³-hybridized carbons (Fsp3) is 0.333. The molecule has 3 rings (SSSR count). The average molecular weight is 379 g/mol. The smallest absolute Gasteiger partial charge is 0.410 e. The standard InChI is InChI=1S/C18H19ClN2O3S/c19-17-7-6-16(25-17)15(22)12-20-8-10-21(11-9-20)18(23)24-13-14-4-2-1-3-5-14/h1-7H,8-13H2. The number of rotatable bonds is 5. The Morgan fingerprint density at radius 2 is 1.76 bits per heavy atom. The van der Waals surface area contributed by atoms with Crippen LogP contribution in [0, 0.1) is 0 Å². The van der Waals surface area contributed by atoms with E-state index in [9.17, 15) is 9.59 Å². The molecule has 0 spiro atoms. The number of ether oxygens (including phenoxy) is 1. The first-order chi connectivity index (χ1) is 12.1. The van der Waals surface area contributed by atoms with E-state index < -0.39 is 0 Å². The van der Waals surface area contributed by atoms with Crippen LogP contribution in [0.2, 0.25) is 4.34 Å². The topological polar surface area (TPSA) is 49.9 Å². The van der Waals surface area contributed by atoms with Crippen LogP contribution >= 0.6 is 22.9 Å². The lowest BCUT2D eigenvalue weighted by molar-refractivity contribution is 0.0679. The van der Waals surface area contributed by atoms with Crippen molar-refractivity contribution in [3.05, 3.63) is 57.2 Å². The zero-order valence-corrected chi connectivity index (χ0v) is 15.3. The van der Waals surface area contributed by atoms with Crippen molar-refractivity contribution in [2.24, 2.45) is 0 Å². The Labute approximate surface area is 155 Å². The van der Waals surface area contributed by atoms with Gasteiger partial charge in [0.15, 0.2) is 5.78 Å². The van der Waals surface area contributed by atoms with E-state index in [1.807, 2.05) is 30.3 Å². The number of hydrogen-bond donors (Lipinski definition) is 0. The minimum absolute atomic E-state index is 0.0667. The first-order valence-corrected chi connectivity index (χ1v) is 9.28. The molecular weight excluding hydrogens is 360 g/mol. The molecule has 1 amide bonds. The molecule has 2 aromatic rings. The maximum Gasteiger partial charge on any atom is 0.410 e. The first-order valence-electron chi connectivity index (χ1n) is 8.08. The average Bonchev–Trinajstić information content (AvgIpc) is 3.08. The Morgan fingerprint density at radius 1 is 1.04 bits per heavy atom. The second-order valence-electron chi connectivity index (χ2n) is 5.83. The highest BCUT2D eigenvalue weighted by Gasteiger charge is 2.24. The molecule has 7 heteroatoms. The van der Waals surface area contributed by atoms with Gasteiger partial charge in [-0.25, -0.2) is 4.79 Å². The van der Waals surface area contributed by atoms with Gasteiger partial charge in [0.05, 0.1) is 15.8 Å². The molecule has 1 aliphatic rings. The summed E-state index contributed by atoms with van der Waals surface area (Å²) in [5.41, 5.74) is 0.967. The van der Waals surface area contributed by atoms with Crippen molar-refractivity contribution in [3.8, 4) is 0 Å². The van der Waals surface area contributed by atoms with Crippen LogP contribution in [0.1, 0.15) is 15.2 Å². The zero-order valence-electron chi connectivity index (χ0n) is 13.7. The molecule has 0 N–H and O–H groups in total.